The van der Waals surface area contributed by atoms with E-state index in [0.717, 1.165) is 6.42 Å². The number of aliphatic carboxylic acids is 1. The number of hydrogen-bond acceptors (Lipinski definition) is 4. The minimum absolute atomic E-state index is 0.221. The van der Waals surface area contributed by atoms with Crippen molar-refractivity contribution < 1.29 is 24.2 Å². The van der Waals surface area contributed by atoms with Gasteiger partial charge in [0.15, 0.2) is 0 Å². The van der Waals surface area contributed by atoms with Gasteiger partial charge in [0.25, 0.3) is 5.91 Å². The van der Waals surface area contributed by atoms with Crippen LogP contribution in [0.25, 0.3) is 0 Å². The SMILES string of the molecule is C/C=C/CC(NC(=O)c1ccc(OC)cc1OCCC)C(=O)O. The lowest BCUT2D eigenvalue weighted by Gasteiger charge is -2.16. The number of hydrogen-bond donors (Lipinski definition) is 2. The molecule has 126 valence electrons. The van der Waals surface area contributed by atoms with Crippen LogP contribution in [0.4, 0.5) is 0 Å². The summed E-state index contributed by atoms with van der Waals surface area (Å²) in [4.78, 5) is 23.6. The molecule has 1 aromatic carbocycles. The van der Waals surface area contributed by atoms with Gasteiger partial charge in [0.1, 0.15) is 17.5 Å². The van der Waals surface area contributed by atoms with Gasteiger partial charge in [0.2, 0.25) is 0 Å². The number of carbonyl (C=O) groups excluding carboxylic acids is 1. The van der Waals surface area contributed by atoms with Crippen LogP contribution < -0.4 is 14.8 Å². The Morgan fingerprint density at radius 2 is 2.13 bits per heavy atom. The number of benzene rings is 1. The normalized spacial score (nSPS) is 12.0. The highest BCUT2D eigenvalue weighted by atomic mass is 16.5. The minimum atomic E-state index is -1.08. The molecule has 0 aliphatic carbocycles. The Hall–Kier alpha value is -2.50. The van der Waals surface area contributed by atoms with Crippen molar-refractivity contribution in [3.05, 3.63) is 35.9 Å². The molecule has 0 heterocycles. The molecule has 1 unspecified atom stereocenters. The fraction of sp³-hybridized carbons (Fsp3) is 0.412. The number of methoxy groups -OCH3 is 1. The Kier molecular flexibility index (Phi) is 7.66. The lowest BCUT2D eigenvalue weighted by atomic mass is 10.1. The van der Waals surface area contributed by atoms with Crippen molar-refractivity contribution in [3.63, 3.8) is 0 Å². The first kappa shape index (κ1) is 18.5. The Labute approximate surface area is 136 Å². The van der Waals surface area contributed by atoms with Gasteiger partial charge in [0, 0.05) is 6.07 Å². The van der Waals surface area contributed by atoms with Crippen molar-refractivity contribution in [2.45, 2.75) is 32.7 Å². The van der Waals surface area contributed by atoms with Crippen LogP contribution in [0.1, 0.15) is 37.0 Å². The quantitative estimate of drug-likeness (QED) is 0.683. The number of carboxylic acid groups (broad SMARTS) is 1. The van der Waals surface area contributed by atoms with E-state index in [1.165, 1.54) is 7.11 Å². The second-order valence-corrected chi connectivity index (χ2v) is 4.88. The van der Waals surface area contributed by atoms with Gasteiger partial charge in [-0.1, -0.05) is 19.1 Å². The van der Waals surface area contributed by atoms with Crippen molar-refractivity contribution >= 4 is 11.9 Å². The summed E-state index contributed by atoms with van der Waals surface area (Å²) < 4.78 is 10.7. The molecule has 1 aromatic rings. The fourth-order valence-electron chi connectivity index (χ4n) is 1.88. The zero-order valence-electron chi connectivity index (χ0n) is 13.7. The summed E-state index contributed by atoms with van der Waals surface area (Å²) in [5, 5.41) is 11.7. The van der Waals surface area contributed by atoms with Crippen LogP contribution in [0.5, 0.6) is 11.5 Å². The fourth-order valence-corrected chi connectivity index (χ4v) is 1.88. The average molecular weight is 321 g/mol. The van der Waals surface area contributed by atoms with Crippen molar-refractivity contribution in [3.8, 4) is 11.5 Å². The maximum absolute atomic E-state index is 12.4. The second kappa shape index (κ2) is 9.50. The van der Waals surface area contributed by atoms with E-state index in [0.29, 0.717) is 18.1 Å². The lowest BCUT2D eigenvalue weighted by Crippen LogP contribution is -2.40. The van der Waals surface area contributed by atoms with Crippen LogP contribution >= 0.6 is 0 Å². The smallest absolute Gasteiger partial charge is 0.326 e. The maximum Gasteiger partial charge on any atom is 0.326 e. The Morgan fingerprint density at radius 1 is 1.39 bits per heavy atom. The molecule has 6 nitrogen and oxygen atoms in total. The summed E-state index contributed by atoms with van der Waals surface area (Å²) in [7, 11) is 1.52. The predicted molar refractivity (Wildman–Crippen MR) is 87.1 cm³/mol. The molecule has 0 bridgehead atoms. The van der Waals surface area contributed by atoms with E-state index < -0.39 is 17.9 Å². The largest absolute Gasteiger partial charge is 0.497 e. The highest BCUT2D eigenvalue weighted by Crippen LogP contribution is 2.25. The number of ether oxygens (including phenoxy) is 2. The third-order valence-electron chi connectivity index (χ3n) is 3.11. The monoisotopic (exact) mass is 321 g/mol. The molecule has 1 atom stereocenters. The van der Waals surface area contributed by atoms with Crippen LogP contribution in [-0.2, 0) is 4.79 Å². The number of rotatable bonds is 9. The molecular weight excluding hydrogens is 298 g/mol. The van der Waals surface area contributed by atoms with E-state index in [4.69, 9.17) is 9.47 Å². The molecule has 0 spiro atoms. The van der Waals surface area contributed by atoms with E-state index in [1.54, 1.807) is 37.3 Å². The van der Waals surface area contributed by atoms with Crippen molar-refractivity contribution in [1.29, 1.82) is 0 Å². The first-order chi connectivity index (χ1) is 11.0. The van der Waals surface area contributed by atoms with E-state index in [9.17, 15) is 14.7 Å². The number of carbonyl (C=O) groups is 2. The molecule has 0 fully saturated rings. The van der Waals surface area contributed by atoms with Gasteiger partial charge < -0.3 is 19.9 Å². The molecule has 1 amide bonds. The van der Waals surface area contributed by atoms with Crippen LogP contribution in [0.3, 0.4) is 0 Å². The highest BCUT2D eigenvalue weighted by molar-refractivity contribution is 5.99. The molecule has 0 aliphatic rings. The average Bonchev–Trinajstić information content (AvgIpc) is 2.55. The Balaban J connectivity index is 2.98. The van der Waals surface area contributed by atoms with Crippen LogP contribution in [0.15, 0.2) is 30.4 Å². The predicted octanol–water partition coefficient (Wildman–Crippen LogP) is 2.63. The zero-order valence-corrected chi connectivity index (χ0v) is 13.7. The van der Waals surface area contributed by atoms with E-state index in [1.807, 2.05) is 6.92 Å². The standard InChI is InChI=1S/C17H23NO5/c1-4-6-7-14(17(20)21)18-16(19)13-9-8-12(22-3)11-15(13)23-10-5-2/h4,6,8-9,11,14H,5,7,10H2,1-3H3,(H,18,19)(H,20,21)/b6-4+. The molecule has 0 aliphatic heterocycles. The summed E-state index contributed by atoms with van der Waals surface area (Å²) in [5.74, 6) is -0.633. The molecule has 2 N–H and O–H groups in total. The first-order valence-corrected chi connectivity index (χ1v) is 7.49. The van der Waals surface area contributed by atoms with Crippen LogP contribution in [0, 0.1) is 0 Å². The molecule has 0 saturated carbocycles. The van der Waals surface area contributed by atoms with Gasteiger partial charge in [0.05, 0.1) is 19.3 Å². The summed E-state index contributed by atoms with van der Waals surface area (Å²) in [6, 6.07) is 3.83. The number of nitrogens with one attached hydrogen (secondary N) is 1. The van der Waals surface area contributed by atoms with Gasteiger partial charge in [-0.05, 0) is 31.9 Å². The minimum Gasteiger partial charge on any atom is -0.497 e. The van der Waals surface area contributed by atoms with E-state index in [-0.39, 0.29) is 12.0 Å². The number of amides is 1. The van der Waals surface area contributed by atoms with Gasteiger partial charge in [-0.2, -0.15) is 0 Å². The zero-order chi connectivity index (χ0) is 17.2. The van der Waals surface area contributed by atoms with Crippen LogP contribution in [0.2, 0.25) is 0 Å². The summed E-state index contributed by atoms with van der Waals surface area (Å²) in [6.45, 7) is 4.20. The summed E-state index contributed by atoms with van der Waals surface area (Å²) in [6.07, 6.45) is 4.45. The van der Waals surface area contributed by atoms with Crippen molar-refractivity contribution in [2.75, 3.05) is 13.7 Å². The Bertz CT molecular complexity index is 568. The first-order valence-electron chi connectivity index (χ1n) is 7.49. The molecule has 23 heavy (non-hydrogen) atoms. The Morgan fingerprint density at radius 3 is 2.70 bits per heavy atom. The third-order valence-corrected chi connectivity index (χ3v) is 3.11. The number of carboxylic acids is 1. The molecular formula is C17H23NO5. The highest BCUT2D eigenvalue weighted by Gasteiger charge is 2.21. The van der Waals surface area contributed by atoms with Gasteiger partial charge in [-0.3, -0.25) is 4.79 Å². The van der Waals surface area contributed by atoms with Gasteiger partial charge in [-0.15, -0.1) is 0 Å². The summed E-state index contributed by atoms with van der Waals surface area (Å²) >= 11 is 0. The van der Waals surface area contributed by atoms with Gasteiger partial charge >= 0.3 is 5.97 Å². The third kappa shape index (κ3) is 5.65. The topological polar surface area (TPSA) is 84.9 Å². The molecule has 1 rings (SSSR count). The van der Waals surface area contributed by atoms with Crippen molar-refractivity contribution in [1.82, 2.24) is 5.32 Å². The molecule has 0 aromatic heterocycles. The van der Waals surface area contributed by atoms with Gasteiger partial charge in [-0.25, -0.2) is 4.79 Å². The molecule has 6 heteroatoms. The number of allylic oxidation sites excluding steroid dienone is 1. The lowest BCUT2D eigenvalue weighted by molar-refractivity contribution is -0.139. The van der Waals surface area contributed by atoms with E-state index >= 15 is 0 Å². The van der Waals surface area contributed by atoms with Crippen molar-refractivity contribution in [2.24, 2.45) is 0 Å². The molecule has 0 radical (unpaired) electrons. The van der Waals surface area contributed by atoms with Crippen LogP contribution in [-0.4, -0.2) is 36.7 Å². The summed E-state index contributed by atoms with van der Waals surface area (Å²) in [5.41, 5.74) is 0.283. The second-order valence-electron chi connectivity index (χ2n) is 4.88. The maximum atomic E-state index is 12.4. The molecule has 0 saturated heterocycles. The van der Waals surface area contributed by atoms with E-state index in [2.05, 4.69) is 5.32 Å².